The summed E-state index contributed by atoms with van der Waals surface area (Å²) in [5.74, 6) is 1.48. The minimum Gasteiger partial charge on any atom is -0.498 e. The van der Waals surface area contributed by atoms with Crippen LogP contribution in [0.25, 0.3) is 0 Å². The van der Waals surface area contributed by atoms with Crippen molar-refractivity contribution < 1.29 is 9.47 Å². The number of methoxy groups -OCH3 is 2. The summed E-state index contributed by atoms with van der Waals surface area (Å²) >= 11 is 0. The number of ether oxygens (including phenoxy) is 2. The molecule has 0 aliphatic rings. The molecule has 0 amide bonds. The van der Waals surface area contributed by atoms with Gasteiger partial charge in [-0.3, -0.25) is 0 Å². The Morgan fingerprint density at radius 1 is 1.08 bits per heavy atom. The fourth-order valence-corrected chi connectivity index (χ4v) is 0.648. The number of hydrogen-bond donors (Lipinski definition) is 0. The molecule has 0 heterocycles. The fourth-order valence-electron chi connectivity index (χ4n) is 0.648. The van der Waals surface area contributed by atoms with Gasteiger partial charge in [0.15, 0.2) is 5.76 Å². The van der Waals surface area contributed by atoms with E-state index in [9.17, 15) is 0 Å². The molecule has 0 aromatic rings. The first-order valence-corrected chi connectivity index (χ1v) is 3.74. The van der Waals surface area contributed by atoms with E-state index in [4.69, 9.17) is 9.47 Å². The highest BCUT2D eigenvalue weighted by Crippen LogP contribution is 2.07. The molecule has 0 spiro atoms. The molecule has 0 unspecified atom stereocenters. The highest BCUT2D eigenvalue weighted by molar-refractivity contribution is 5.22. The van der Waals surface area contributed by atoms with Gasteiger partial charge in [0.2, 0.25) is 0 Å². The van der Waals surface area contributed by atoms with Crippen molar-refractivity contribution in [3.63, 3.8) is 0 Å². The molecule has 12 heavy (non-hydrogen) atoms. The van der Waals surface area contributed by atoms with E-state index in [2.05, 4.69) is 6.58 Å². The van der Waals surface area contributed by atoms with Crippen LogP contribution in [0.2, 0.25) is 0 Å². The molecule has 0 aromatic carbocycles. The van der Waals surface area contributed by atoms with Crippen LogP contribution in [0, 0.1) is 0 Å². The molecule has 0 rings (SSSR count). The predicted molar refractivity (Wildman–Crippen MR) is 50.7 cm³/mol. The van der Waals surface area contributed by atoms with Gasteiger partial charge < -0.3 is 9.47 Å². The first-order valence-electron chi connectivity index (χ1n) is 3.74. The van der Waals surface area contributed by atoms with Crippen molar-refractivity contribution in [3.05, 3.63) is 35.8 Å². The van der Waals surface area contributed by atoms with Gasteiger partial charge in [-0.2, -0.15) is 0 Å². The van der Waals surface area contributed by atoms with E-state index in [0.717, 1.165) is 17.1 Å². The predicted octanol–water partition coefficient (Wildman–Crippen LogP) is 2.64. The quantitative estimate of drug-likeness (QED) is 0.474. The monoisotopic (exact) mass is 168 g/mol. The molecule has 0 radical (unpaired) electrons. The van der Waals surface area contributed by atoms with Gasteiger partial charge in [0.25, 0.3) is 0 Å². The number of allylic oxidation sites excluding steroid dienone is 4. The molecule has 0 aliphatic heterocycles. The largest absolute Gasteiger partial charge is 0.498 e. The molecular weight excluding hydrogens is 152 g/mol. The summed E-state index contributed by atoms with van der Waals surface area (Å²) in [7, 11) is 3.23. The second-order valence-electron chi connectivity index (χ2n) is 2.51. The van der Waals surface area contributed by atoms with Crippen molar-refractivity contribution in [2.24, 2.45) is 0 Å². The molecule has 0 fully saturated rings. The first-order chi connectivity index (χ1) is 5.61. The minimum absolute atomic E-state index is 0.723. The van der Waals surface area contributed by atoms with E-state index >= 15 is 0 Å². The van der Waals surface area contributed by atoms with Crippen LogP contribution in [0.3, 0.4) is 0 Å². The van der Waals surface area contributed by atoms with Crippen LogP contribution in [0.5, 0.6) is 0 Å². The smallest absolute Gasteiger partial charge is 0.156 e. The zero-order valence-corrected chi connectivity index (χ0v) is 8.18. The molecule has 2 nitrogen and oxygen atoms in total. The summed E-state index contributed by atoms with van der Waals surface area (Å²) in [6.45, 7) is 7.51. The Balaban J connectivity index is 4.47. The Bertz CT molecular complexity index is 212. The second kappa shape index (κ2) is 5.47. The van der Waals surface area contributed by atoms with Crippen molar-refractivity contribution >= 4 is 0 Å². The zero-order valence-electron chi connectivity index (χ0n) is 8.18. The van der Waals surface area contributed by atoms with Crippen LogP contribution < -0.4 is 0 Å². The maximum atomic E-state index is 5.08. The van der Waals surface area contributed by atoms with Crippen molar-refractivity contribution in [1.82, 2.24) is 0 Å². The molecule has 68 valence electrons. The topological polar surface area (TPSA) is 18.5 Å². The maximum Gasteiger partial charge on any atom is 0.156 e. The third kappa shape index (κ3) is 3.86. The van der Waals surface area contributed by atoms with E-state index in [-0.39, 0.29) is 0 Å². The summed E-state index contributed by atoms with van der Waals surface area (Å²) in [5.41, 5.74) is 0.980. The molecule has 0 saturated carbocycles. The van der Waals surface area contributed by atoms with Crippen molar-refractivity contribution in [2.45, 2.75) is 13.8 Å². The highest BCUT2D eigenvalue weighted by Gasteiger charge is 1.96. The fraction of sp³-hybridized carbons (Fsp3) is 0.400. The van der Waals surface area contributed by atoms with Gasteiger partial charge >= 0.3 is 0 Å². The second-order valence-corrected chi connectivity index (χ2v) is 2.51. The van der Waals surface area contributed by atoms with E-state index in [1.165, 1.54) is 0 Å². The molecule has 2 heteroatoms. The van der Waals surface area contributed by atoms with Gasteiger partial charge in [0.1, 0.15) is 5.76 Å². The molecular formula is C10H16O2. The molecule has 0 atom stereocenters. The Labute approximate surface area is 74.2 Å². The summed E-state index contributed by atoms with van der Waals surface area (Å²) in [5, 5.41) is 0. The SMILES string of the molecule is C=C(C)/C=C\C(OC)=C(/C)OC. The third-order valence-corrected chi connectivity index (χ3v) is 1.39. The molecule has 0 saturated heterocycles. The van der Waals surface area contributed by atoms with Crippen molar-refractivity contribution in [2.75, 3.05) is 14.2 Å². The zero-order chi connectivity index (χ0) is 9.56. The summed E-state index contributed by atoms with van der Waals surface area (Å²) in [6, 6.07) is 0. The lowest BCUT2D eigenvalue weighted by atomic mass is 10.3. The molecule has 0 N–H and O–H groups in total. The van der Waals surface area contributed by atoms with Gasteiger partial charge in [0.05, 0.1) is 14.2 Å². The Hall–Kier alpha value is -1.18. The van der Waals surface area contributed by atoms with Gasteiger partial charge in [-0.15, -0.1) is 0 Å². The van der Waals surface area contributed by atoms with Crippen LogP contribution in [-0.2, 0) is 9.47 Å². The normalized spacial score (nSPS) is 12.7. The van der Waals surface area contributed by atoms with Gasteiger partial charge in [-0.05, 0) is 19.9 Å². The van der Waals surface area contributed by atoms with Crippen LogP contribution in [0.4, 0.5) is 0 Å². The van der Waals surface area contributed by atoms with Crippen LogP contribution in [0.15, 0.2) is 35.8 Å². The lowest BCUT2D eigenvalue weighted by Gasteiger charge is -2.05. The first kappa shape index (κ1) is 10.8. The van der Waals surface area contributed by atoms with E-state index in [1.807, 2.05) is 26.0 Å². The molecule has 0 aromatic heterocycles. The Morgan fingerprint density at radius 3 is 2.00 bits per heavy atom. The Morgan fingerprint density at radius 2 is 1.67 bits per heavy atom. The van der Waals surface area contributed by atoms with Crippen LogP contribution >= 0.6 is 0 Å². The summed E-state index contributed by atoms with van der Waals surface area (Å²) in [4.78, 5) is 0. The van der Waals surface area contributed by atoms with Crippen LogP contribution in [-0.4, -0.2) is 14.2 Å². The van der Waals surface area contributed by atoms with Crippen molar-refractivity contribution in [1.29, 1.82) is 0 Å². The van der Waals surface area contributed by atoms with Gasteiger partial charge in [-0.25, -0.2) is 0 Å². The average molecular weight is 168 g/mol. The molecule has 0 aliphatic carbocycles. The minimum atomic E-state index is 0.723. The van der Waals surface area contributed by atoms with Crippen LogP contribution in [0.1, 0.15) is 13.8 Å². The standard InChI is InChI=1S/C10H16O2/c1-8(2)6-7-10(12-5)9(3)11-4/h6-7H,1H2,2-5H3/b7-6-,10-9-. The van der Waals surface area contributed by atoms with Gasteiger partial charge in [-0.1, -0.05) is 18.2 Å². The highest BCUT2D eigenvalue weighted by atomic mass is 16.5. The molecule has 0 bridgehead atoms. The van der Waals surface area contributed by atoms with E-state index in [1.54, 1.807) is 14.2 Å². The van der Waals surface area contributed by atoms with Crippen molar-refractivity contribution in [3.8, 4) is 0 Å². The number of hydrogen-bond acceptors (Lipinski definition) is 2. The lowest BCUT2D eigenvalue weighted by molar-refractivity contribution is 0.232. The van der Waals surface area contributed by atoms with Gasteiger partial charge in [0, 0.05) is 0 Å². The summed E-state index contributed by atoms with van der Waals surface area (Å²) < 4.78 is 10.1. The maximum absolute atomic E-state index is 5.08. The lowest BCUT2D eigenvalue weighted by Crippen LogP contribution is -1.90. The Kier molecular flexibility index (Phi) is 4.93. The third-order valence-electron chi connectivity index (χ3n) is 1.39. The summed E-state index contributed by atoms with van der Waals surface area (Å²) in [6.07, 6.45) is 3.71. The number of rotatable bonds is 4. The van der Waals surface area contributed by atoms with E-state index in [0.29, 0.717) is 0 Å². The van der Waals surface area contributed by atoms with E-state index < -0.39 is 0 Å². The average Bonchev–Trinajstić information content (AvgIpc) is 2.04.